The first-order valence-corrected chi connectivity index (χ1v) is 8.10. The first-order chi connectivity index (χ1) is 11.5. The summed E-state index contributed by atoms with van der Waals surface area (Å²) >= 11 is 0. The molecule has 0 saturated heterocycles. The van der Waals surface area contributed by atoms with Gasteiger partial charge in [-0.25, -0.2) is 0 Å². The number of carbonyl (C=O) groups excluding carboxylic acids is 1. The lowest BCUT2D eigenvalue weighted by Crippen LogP contribution is -2.24. The van der Waals surface area contributed by atoms with Crippen LogP contribution in [0.15, 0.2) is 36.4 Å². The molecule has 2 rings (SSSR count). The zero-order chi connectivity index (χ0) is 17.7. The molecule has 2 aromatic rings. The number of amides is 1. The number of nitrogens with one attached hydrogen (secondary N) is 1. The van der Waals surface area contributed by atoms with Crippen molar-refractivity contribution in [3.05, 3.63) is 74.3 Å². The molecule has 0 spiro atoms. The van der Waals surface area contributed by atoms with Crippen molar-refractivity contribution in [1.82, 2.24) is 5.32 Å². The quantitative estimate of drug-likeness (QED) is 0.645. The van der Waals surface area contributed by atoms with Crippen LogP contribution < -0.4 is 5.32 Å². The second-order valence-corrected chi connectivity index (χ2v) is 5.70. The summed E-state index contributed by atoms with van der Waals surface area (Å²) in [4.78, 5) is 23.0. The molecule has 0 aliphatic carbocycles. The van der Waals surface area contributed by atoms with Crippen molar-refractivity contribution < 1.29 is 9.72 Å². The second-order valence-electron chi connectivity index (χ2n) is 5.70. The molecular weight excluding hydrogens is 304 g/mol. The fourth-order valence-electron chi connectivity index (χ4n) is 2.75. The third kappa shape index (κ3) is 3.79. The molecule has 24 heavy (non-hydrogen) atoms. The Morgan fingerprint density at radius 1 is 1.12 bits per heavy atom. The van der Waals surface area contributed by atoms with Crippen molar-refractivity contribution in [1.29, 1.82) is 0 Å². The van der Waals surface area contributed by atoms with Gasteiger partial charge < -0.3 is 5.32 Å². The van der Waals surface area contributed by atoms with Gasteiger partial charge in [0.25, 0.3) is 11.6 Å². The lowest BCUT2D eigenvalue weighted by molar-refractivity contribution is -0.385. The number of aryl methyl sites for hydroxylation is 2. The molecule has 1 N–H and O–H groups in total. The van der Waals surface area contributed by atoms with Gasteiger partial charge in [-0.15, -0.1) is 0 Å². The summed E-state index contributed by atoms with van der Waals surface area (Å²) in [6.45, 7) is 6.19. The SMILES string of the molecule is CCc1ccc(CC)c(CNC(=O)c2cccc([N+](=O)[O-])c2C)c1. The predicted molar refractivity (Wildman–Crippen MR) is 94.2 cm³/mol. The molecule has 5 nitrogen and oxygen atoms in total. The Labute approximate surface area is 141 Å². The van der Waals surface area contributed by atoms with E-state index in [0.717, 1.165) is 18.4 Å². The molecule has 0 bridgehead atoms. The number of nitro benzene ring substituents is 1. The van der Waals surface area contributed by atoms with E-state index in [1.165, 1.54) is 23.3 Å². The minimum Gasteiger partial charge on any atom is -0.348 e. The van der Waals surface area contributed by atoms with Crippen LogP contribution in [0, 0.1) is 17.0 Å². The summed E-state index contributed by atoms with van der Waals surface area (Å²) in [7, 11) is 0. The molecule has 1 amide bonds. The van der Waals surface area contributed by atoms with Gasteiger partial charge in [-0.2, -0.15) is 0 Å². The van der Waals surface area contributed by atoms with Crippen LogP contribution in [0.5, 0.6) is 0 Å². The van der Waals surface area contributed by atoms with E-state index >= 15 is 0 Å². The van der Waals surface area contributed by atoms with Crippen molar-refractivity contribution in [3.8, 4) is 0 Å². The maximum atomic E-state index is 12.4. The van der Waals surface area contributed by atoms with Crippen LogP contribution in [0.4, 0.5) is 5.69 Å². The number of benzene rings is 2. The largest absolute Gasteiger partial charge is 0.348 e. The van der Waals surface area contributed by atoms with Gasteiger partial charge >= 0.3 is 0 Å². The van der Waals surface area contributed by atoms with Crippen LogP contribution in [0.25, 0.3) is 0 Å². The maximum absolute atomic E-state index is 12.4. The van der Waals surface area contributed by atoms with Crippen LogP contribution in [-0.2, 0) is 19.4 Å². The van der Waals surface area contributed by atoms with Gasteiger partial charge in [-0.05, 0) is 42.5 Å². The number of carbonyl (C=O) groups is 1. The van der Waals surface area contributed by atoms with Gasteiger partial charge in [0.05, 0.1) is 4.92 Å². The van der Waals surface area contributed by atoms with E-state index in [-0.39, 0.29) is 11.6 Å². The Morgan fingerprint density at radius 2 is 1.88 bits per heavy atom. The first kappa shape index (κ1) is 17.7. The molecule has 0 aliphatic heterocycles. The molecular formula is C19H22N2O3. The summed E-state index contributed by atoms with van der Waals surface area (Å²) in [6.07, 6.45) is 1.83. The van der Waals surface area contributed by atoms with Gasteiger partial charge in [0.2, 0.25) is 0 Å². The predicted octanol–water partition coefficient (Wildman–Crippen LogP) is 3.96. The van der Waals surface area contributed by atoms with Crippen LogP contribution in [0.2, 0.25) is 0 Å². The monoisotopic (exact) mass is 326 g/mol. The van der Waals surface area contributed by atoms with Crippen molar-refractivity contribution in [2.24, 2.45) is 0 Å². The van der Waals surface area contributed by atoms with E-state index in [2.05, 4.69) is 37.4 Å². The molecule has 0 fully saturated rings. The van der Waals surface area contributed by atoms with Crippen LogP contribution >= 0.6 is 0 Å². The van der Waals surface area contributed by atoms with E-state index in [1.54, 1.807) is 13.0 Å². The molecule has 0 atom stereocenters. The highest BCUT2D eigenvalue weighted by atomic mass is 16.6. The van der Waals surface area contributed by atoms with Gasteiger partial charge in [0, 0.05) is 23.7 Å². The fourth-order valence-corrected chi connectivity index (χ4v) is 2.75. The van der Waals surface area contributed by atoms with Crippen molar-refractivity contribution >= 4 is 11.6 Å². The molecule has 0 aliphatic rings. The number of rotatable bonds is 6. The third-order valence-electron chi connectivity index (χ3n) is 4.25. The average Bonchev–Trinajstić information content (AvgIpc) is 2.59. The molecule has 0 saturated carbocycles. The molecule has 5 heteroatoms. The molecule has 0 radical (unpaired) electrons. The average molecular weight is 326 g/mol. The van der Waals surface area contributed by atoms with E-state index in [9.17, 15) is 14.9 Å². The summed E-state index contributed by atoms with van der Waals surface area (Å²) in [5, 5.41) is 13.9. The first-order valence-electron chi connectivity index (χ1n) is 8.10. The van der Waals surface area contributed by atoms with Crippen LogP contribution in [0.1, 0.15) is 46.5 Å². The normalized spacial score (nSPS) is 10.5. The summed E-state index contributed by atoms with van der Waals surface area (Å²) in [5.74, 6) is -0.292. The van der Waals surface area contributed by atoms with Gasteiger partial charge in [-0.3, -0.25) is 14.9 Å². The Balaban J connectivity index is 2.20. The Morgan fingerprint density at radius 3 is 2.50 bits per heavy atom. The van der Waals surface area contributed by atoms with Gasteiger partial charge in [0.1, 0.15) is 0 Å². The molecule has 0 aromatic heterocycles. The third-order valence-corrected chi connectivity index (χ3v) is 4.25. The van der Waals surface area contributed by atoms with Crippen LogP contribution in [0.3, 0.4) is 0 Å². The number of hydrogen-bond donors (Lipinski definition) is 1. The summed E-state index contributed by atoms with van der Waals surface area (Å²) in [6, 6.07) is 10.9. The number of hydrogen-bond acceptors (Lipinski definition) is 3. The Bertz CT molecular complexity index is 769. The second kappa shape index (κ2) is 7.73. The minimum absolute atomic E-state index is 0.0372. The minimum atomic E-state index is -0.466. The molecule has 126 valence electrons. The zero-order valence-electron chi connectivity index (χ0n) is 14.3. The highest BCUT2D eigenvalue weighted by Crippen LogP contribution is 2.21. The summed E-state index contributed by atoms with van der Waals surface area (Å²) < 4.78 is 0. The molecule has 0 unspecified atom stereocenters. The highest BCUT2D eigenvalue weighted by Gasteiger charge is 2.17. The van der Waals surface area contributed by atoms with E-state index in [1.807, 2.05) is 0 Å². The highest BCUT2D eigenvalue weighted by molar-refractivity contribution is 5.96. The number of nitrogens with zero attached hydrogens (tertiary/aromatic N) is 1. The van der Waals surface area contributed by atoms with Crippen molar-refractivity contribution in [3.63, 3.8) is 0 Å². The van der Waals surface area contributed by atoms with Crippen LogP contribution in [-0.4, -0.2) is 10.8 Å². The van der Waals surface area contributed by atoms with Gasteiger partial charge in [-0.1, -0.05) is 38.1 Å². The van der Waals surface area contributed by atoms with E-state index in [4.69, 9.17) is 0 Å². The smallest absolute Gasteiger partial charge is 0.273 e. The molecule has 2 aromatic carbocycles. The molecule has 0 heterocycles. The lowest BCUT2D eigenvalue weighted by Gasteiger charge is -2.12. The topological polar surface area (TPSA) is 72.2 Å². The van der Waals surface area contributed by atoms with E-state index in [0.29, 0.717) is 17.7 Å². The zero-order valence-corrected chi connectivity index (χ0v) is 14.3. The van der Waals surface area contributed by atoms with Crippen molar-refractivity contribution in [2.75, 3.05) is 0 Å². The standard InChI is InChI=1S/C19H22N2O3/c1-4-14-9-10-15(5-2)16(11-14)12-20-19(22)17-7-6-8-18(13(17)3)21(23)24/h6-11H,4-5,12H2,1-3H3,(H,20,22). The fraction of sp³-hybridized carbons (Fsp3) is 0.316. The maximum Gasteiger partial charge on any atom is 0.273 e. The lowest BCUT2D eigenvalue weighted by atomic mass is 10.0. The van der Waals surface area contributed by atoms with Gasteiger partial charge in [0.15, 0.2) is 0 Å². The van der Waals surface area contributed by atoms with E-state index < -0.39 is 4.92 Å². The van der Waals surface area contributed by atoms with Crippen molar-refractivity contribution in [2.45, 2.75) is 40.2 Å². The number of nitro groups is 1. The Hall–Kier alpha value is -2.69. The summed E-state index contributed by atoms with van der Waals surface area (Å²) in [5.41, 5.74) is 4.20. The Kier molecular flexibility index (Phi) is 5.68.